The average Bonchev–Trinajstić information content (AvgIpc) is 3.33. The van der Waals surface area contributed by atoms with Crippen LogP contribution in [-0.4, -0.2) is 46.5 Å². The van der Waals surface area contributed by atoms with Gasteiger partial charge < -0.3 is 20.1 Å². The second-order valence-electron chi connectivity index (χ2n) is 12.8. The van der Waals surface area contributed by atoms with Gasteiger partial charge in [0.15, 0.2) is 0 Å². The standard InChI is InChI=1S/C38H37F6NO6/c1-2-7-22(14-23-8-6-9-28(47)15-23)12-13-32(48)33-24(21-51-29-10-4-3-5-11-29)16-30-34(31(33)20-46)36(50)45(35(30)49)27-18-25(37(39,40)41)17-26(19-27)38(42,43)44/h3-6,8-11,14-15,17-19,30-32,34,46-48H,2,7,12-13,16,20-21H2,1H3/b22-14+/t30-,31+,32-,34-/m1/s1. The molecule has 1 heterocycles. The molecule has 1 fully saturated rings. The molecule has 4 atom stereocenters. The molecule has 7 nitrogen and oxygen atoms in total. The highest BCUT2D eigenvalue weighted by Crippen LogP contribution is 2.48. The van der Waals surface area contributed by atoms with E-state index < -0.39 is 71.4 Å². The Bertz CT molecular complexity index is 1770. The number of hydrogen-bond donors (Lipinski definition) is 3. The smallest absolute Gasteiger partial charge is 0.416 e. The van der Waals surface area contributed by atoms with E-state index in [-0.39, 0.29) is 36.8 Å². The Morgan fingerprint density at radius 2 is 1.59 bits per heavy atom. The molecule has 3 aromatic carbocycles. The third-order valence-corrected chi connectivity index (χ3v) is 9.28. The topological polar surface area (TPSA) is 107 Å². The van der Waals surface area contributed by atoms with Crippen molar-refractivity contribution in [3.8, 4) is 11.5 Å². The third kappa shape index (κ3) is 8.48. The lowest BCUT2D eigenvalue weighted by atomic mass is 9.68. The van der Waals surface area contributed by atoms with Gasteiger partial charge in [-0.15, -0.1) is 0 Å². The summed E-state index contributed by atoms with van der Waals surface area (Å²) in [4.78, 5) is 28.1. The largest absolute Gasteiger partial charge is 0.508 e. The SMILES string of the molecule is CCC/C(=C\c1cccc(O)c1)CC[C@@H](O)C1=C(COc2ccccc2)C[C@H]2C(=O)N(c3cc(C(F)(F)F)cc(C(F)(F)F)c3)C(=O)[C@H]2[C@H]1CO. The molecule has 0 spiro atoms. The van der Waals surface area contributed by atoms with Gasteiger partial charge in [-0.3, -0.25) is 9.59 Å². The quantitative estimate of drug-likeness (QED) is 0.0998. The van der Waals surface area contributed by atoms with Gasteiger partial charge in [0.2, 0.25) is 11.8 Å². The van der Waals surface area contributed by atoms with E-state index in [1.54, 1.807) is 42.5 Å². The summed E-state index contributed by atoms with van der Waals surface area (Å²) in [6.45, 7) is 1.07. The first-order chi connectivity index (χ1) is 24.1. The fourth-order valence-electron chi connectivity index (χ4n) is 7.02. The van der Waals surface area contributed by atoms with Crippen LogP contribution in [0.15, 0.2) is 89.5 Å². The summed E-state index contributed by atoms with van der Waals surface area (Å²) in [5, 5.41) is 32.3. The number of amides is 2. The maximum absolute atomic E-state index is 13.9. The lowest BCUT2D eigenvalue weighted by molar-refractivity contribution is -0.143. The highest BCUT2D eigenvalue weighted by atomic mass is 19.4. The van der Waals surface area contributed by atoms with Crippen molar-refractivity contribution in [2.45, 2.75) is 57.5 Å². The summed E-state index contributed by atoms with van der Waals surface area (Å²) in [5.74, 6) is -5.35. The van der Waals surface area contributed by atoms with Crippen molar-refractivity contribution in [3.05, 3.63) is 106 Å². The second-order valence-corrected chi connectivity index (χ2v) is 12.8. The summed E-state index contributed by atoms with van der Waals surface area (Å²) in [6.07, 6.45) is -8.04. The van der Waals surface area contributed by atoms with E-state index in [9.17, 15) is 51.3 Å². The molecule has 51 heavy (non-hydrogen) atoms. The molecule has 3 N–H and O–H groups in total. The van der Waals surface area contributed by atoms with Crippen LogP contribution in [0.4, 0.5) is 32.0 Å². The molecule has 2 aliphatic rings. The summed E-state index contributed by atoms with van der Waals surface area (Å²) in [7, 11) is 0. The van der Waals surface area contributed by atoms with Crippen molar-refractivity contribution in [3.63, 3.8) is 0 Å². The van der Waals surface area contributed by atoms with E-state index in [0.29, 0.717) is 41.2 Å². The fourth-order valence-corrected chi connectivity index (χ4v) is 7.02. The zero-order valence-electron chi connectivity index (χ0n) is 27.5. The monoisotopic (exact) mass is 717 g/mol. The van der Waals surface area contributed by atoms with Crippen LogP contribution >= 0.6 is 0 Å². The number of carbonyl (C=O) groups is 2. The molecular weight excluding hydrogens is 680 g/mol. The summed E-state index contributed by atoms with van der Waals surface area (Å²) in [5.41, 5.74) is -1.93. The van der Waals surface area contributed by atoms with Crippen LogP contribution in [0.5, 0.6) is 11.5 Å². The highest BCUT2D eigenvalue weighted by molar-refractivity contribution is 6.22. The fraction of sp³-hybridized carbons (Fsp3) is 0.368. The van der Waals surface area contributed by atoms with Crippen LogP contribution < -0.4 is 9.64 Å². The van der Waals surface area contributed by atoms with E-state index in [0.717, 1.165) is 17.6 Å². The maximum atomic E-state index is 13.9. The molecule has 5 rings (SSSR count). The average molecular weight is 718 g/mol. The molecule has 0 unspecified atom stereocenters. The number of aliphatic hydroxyl groups excluding tert-OH is 2. The summed E-state index contributed by atoms with van der Waals surface area (Å²) in [6, 6.07) is 15.8. The Hall–Kier alpha value is -4.62. The molecule has 272 valence electrons. The minimum absolute atomic E-state index is 0.0833. The lowest BCUT2D eigenvalue weighted by Crippen LogP contribution is -2.40. The first-order valence-corrected chi connectivity index (χ1v) is 16.5. The number of hydrogen-bond acceptors (Lipinski definition) is 6. The zero-order chi connectivity index (χ0) is 37.1. The van der Waals surface area contributed by atoms with E-state index in [4.69, 9.17) is 4.74 Å². The van der Waals surface area contributed by atoms with Crippen LogP contribution in [-0.2, 0) is 21.9 Å². The number of rotatable bonds is 12. The number of para-hydroxylation sites is 1. The molecule has 1 saturated heterocycles. The van der Waals surface area contributed by atoms with Crippen LogP contribution in [0.2, 0.25) is 0 Å². The Kier molecular flexibility index (Phi) is 11.3. The van der Waals surface area contributed by atoms with Crippen molar-refractivity contribution < 1.29 is 56.0 Å². The molecule has 3 aromatic rings. The summed E-state index contributed by atoms with van der Waals surface area (Å²) < 4.78 is 88.2. The Morgan fingerprint density at radius 1 is 0.922 bits per heavy atom. The number of aliphatic hydroxyl groups is 2. The van der Waals surface area contributed by atoms with E-state index >= 15 is 0 Å². The van der Waals surface area contributed by atoms with Crippen molar-refractivity contribution in [1.82, 2.24) is 0 Å². The number of halogens is 6. The number of anilines is 1. The maximum Gasteiger partial charge on any atom is 0.416 e. The molecule has 1 aliphatic heterocycles. The number of nitrogens with zero attached hydrogens (tertiary/aromatic N) is 1. The first kappa shape index (κ1) is 37.6. The predicted octanol–water partition coefficient (Wildman–Crippen LogP) is 7.95. The van der Waals surface area contributed by atoms with Gasteiger partial charge in [0.05, 0.1) is 41.4 Å². The van der Waals surface area contributed by atoms with Crippen molar-refractivity contribution >= 4 is 23.6 Å². The van der Waals surface area contributed by atoms with Gasteiger partial charge in [-0.25, -0.2) is 4.90 Å². The zero-order valence-corrected chi connectivity index (χ0v) is 27.5. The van der Waals surface area contributed by atoms with Gasteiger partial charge in [-0.2, -0.15) is 26.3 Å². The van der Waals surface area contributed by atoms with Crippen molar-refractivity contribution in [2.75, 3.05) is 18.1 Å². The van der Waals surface area contributed by atoms with E-state index in [2.05, 4.69) is 0 Å². The molecular formula is C38H37F6NO6. The normalized spacial score (nSPS) is 20.5. The molecule has 0 bridgehead atoms. The Labute approximate surface area is 290 Å². The number of ether oxygens (including phenoxy) is 1. The number of phenols is 1. The molecule has 2 amide bonds. The predicted molar refractivity (Wildman–Crippen MR) is 176 cm³/mol. The number of fused-ring (bicyclic) bond motifs is 1. The van der Waals surface area contributed by atoms with Crippen LogP contribution in [0, 0.1) is 17.8 Å². The first-order valence-electron chi connectivity index (χ1n) is 16.5. The van der Waals surface area contributed by atoms with Gasteiger partial charge in [0.25, 0.3) is 0 Å². The molecule has 0 radical (unpaired) electrons. The summed E-state index contributed by atoms with van der Waals surface area (Å²) >= 11 is 0. The van der Waals surface area contributed by atoms with Gasteiger partial charge in [-0.05, 0) is 84.9 Å². The lowest BCUT2D eigenvalue weighted by Gasteiger charge is -2.36. The molecule has 0 aromatic heterocycles. The second kappa shape index (κ2) is 15.3. The van der Waals surface area contributed by atoms with E-state index in [1.807, 2.05) is 19.1 Å². The number of aromatic hydroxyl groups is 1. The van der Waals surface area contributed by atoms with Gasteiger partial charge >= 0.3 is 12.4 Å². The molecule has 0 saturated carbocycles. The minimum Gasteiger partial charge on any atom is -0.508 e. The van der Waals surface area contributed by atoms with Gasteiger partial charge in [0.1, 0.15) is 18.1 Å². The van der Waals surface area contributed by atoms with Gasteiger partial charge in [0, 0.05) is 5.92 Å². The van der Waals surface area contributed by atoms with Crippen LogP contribution in [0.25, 0.3) is 6.08 Å². The van der Waals surface area contributed by atoms with Crippen molar-refractivity contribution in [2.24, 2.45) is 17.8 Å². The number of benzene rings is 3. The minimum atomic E-state index is -5.21. The Morgan fingerprint density at radius 3 is 2.18 bits per heavy atom. The van der Waals surface area contributed by atoms with Gasteiger partial charge in [-0.1, -0.05) is 55.3 Å². The van der Waals surface area contributed by atoms with Crippen LogP contribution in [0.1, 0.15) is 55.7 Å². The van der Waals surface area contributed by atoms with Crippen LogP contribution in [0.3, 0.4) is 0 Å². The number of alkyl halides is 6. The molecule has 1 aliphatic carbocycles. The number of imide groups is 1. The number of allylic oxidation sites excluding steroid dienone is 1. The number of phenolic OH excluding ortho intramolecular Hbond substituents is 1. The molecule has 13 heteroatoms. The number of carbonyl (C=O) groups excluding carboxylic acids is 2. The van der Waals surface area contributed by atoms with Crippen molar-refractivity contribution in [1.29, 1.82) is 0 Å². The van der Waals surface area contributed by atoms with E-state index in [1.165, 1.54) is 6.07 Å². The highest BCUT2D eigenvalue weighted by Gasteiger charge is 2.56. The third-order valence-electron chi connectivity index (χ3n) is 9.28. The Balaban J connectivity index is 1.51.